The summed E-state index contributed by atoms with van der Waals surface area (Å²) in [5.74, 6) is -3.60. The van der Waals surface area contributed by atoms with E-state index in [9.17, 15) is 23.2 Å². The normalized spacial score (nSPS) is 22.7. The quantitative estimate of drug-likeness (QED) is 0.520. The van der Waals surface area contributed by atoms with E-state index in [0.29, 0.717) is 25.9 Å². The standard InChI is InChI=1S/C20H26F2N4O3/c21-14-9-15(22)11-16(10-14)26-8-4-17(20(26)29)19(28)24-5-2-7-25-6-1-3-13(12-25)18(23)27/h9-11,13,17H,1-8,12H2,(H2,23,27)(H,24,28). The highest BCUT2D eigenvalue weighted by atomic mass is 19.1. The molecule has 2 aliphatic heterocycles. The van der Waals surface area contributed by atoms with Crippen molar-refractivity contribution in [3.8, 4) is 0 Å². The molecule has 158 valence electrons. The molecule has 0 bridgehead atoms. The van der Waals surface area contributed by atoms with Crippen molar-refractivity contribution in [3.63, 3.8) is 0 Å². The molecule has 1 aromatic rings. The second kappa shape index (κ2) is 9.30. The lowest BCUT2D eigenvalue weighted by Gasteiger charge is -2.31. The van der Waals surface area contributed by atoms with Crippen molar-refractivity contribution in [2.45, 2.75) is 25.7 Å². The highest BCUT2D eigenvalue weighted by molar-refractivity contribution is 6.09. The van der Waals surface area contributed by atoms with E-state index in [1.54, 1.807) is 0 Å². The predicted octanol–water partition coefficient (Wildman–Crippen LogP) is 1.02. The summed E-state index contributed by atoms with van der Waals surface area (Å²) < 4.78 is 26.8. The molecule has 9 heteroatoms. The van der Waals surface area contributed by atoms with Gasteiger partial charge in [-0.05, 0) is 50.9 Å². The van der Waals surface area contributed by atoms with Crippen LogP contribution in [0, 0.1) is 23.5 Å². The Morgan fingerprint density at radius 3 is 2.55 bits per heavy atom. The molecule has 3 N–H and O–H groups in total. The molecule has 2 saturated heterocycles. The van der Waals surface area contributed by atoms with Crippen LogP contribution in [0.3, 0.4) is 0 Å². The Morgan fingerprint density at radius 1 is 1.14 bits per heavy atom. The van der Waals surface area contributed by atoms with Gasteiger partial charge < -0.3 is 20.9 Å². The van der Waals surface area contributed by atoms with Crippen LogP contribution in [0.15, 0.2) is 18.2 Å². The van der Waals surface area contributed by atoms with Crippen molar-refractivity contribution in [3.05, 3.63) is 29.8 Å². The topological polar surface area (TPSA) is 95.7 Å². The maximum absolute atomic E-state index is 13.4. The lowest BCUT2D eigenvalue weighted by atomic mass is 9.97. The minimum absolute atomic E-state index is 0.118. The first kappa shape index (κ1) is 21.2. The van der Waals surface area contributed by atoms with Crippen LogP contribution in [0.1, 0.15) is 25.7 Å². The minimum Gasteiger partial charge on any atom is -0.369 e. The number of carbonyl (C=O) groups excluding carboxylic acids is 3. The van der Waals surface area contributed by atoms with Crippen molar-refractivity contribution >= 4 is 23.4 Å². The number of likely N-dealkylation sites (tertiary alicyclic amines) is 1. The molecule has 7 nitrogen and oxygen atoms in total. The number of nitrogens with two attached hydrogens (primary N) is 1. The van der Waals surface area contributed by atoms with E-state index >= 15 is 0 Å². The third-order valence-electron chi connectivity index (χ3n) is 5.54. The Labute approximate surface area is 168 Å². The number of benzene rings is 1. The molecule has 2 fully saturated rings. The van der Waals surface area contributed by atoms with Crippen LogP contribution in [0.4, 0.5) is 14.5 Å². The van der Waals surface area contributed by atoms with Gasteiger partial charge in [0.25, 0.3) is 0 Å². The number of nitrogens with one attached hydrogen (secondary N) is 1. The van der Waals surface area contributed by atoms with E-state index in [0.717, 1.165) is 44.1 Å². The Morgan fingerprint density at radius 2 is 1.86 bits per heavy atom. The summed E-state index contributed by atoms with van der Waals surface area (Å²) in [6, 6.07) is 2.90. The number of primary amides is 1. The van der Waals surface area contributed by atoms with E-state index in [-0.39, 0.29) is 30.0 Å². The first-order valence-corrected chi connectivity index (χ1v) is 9.92. The Kier molecular flexibility index (Phi) is 6.79. The minimum atomic E-state index is -0.851. The largest absolute Gasteiger partial charge is 0.369 e. The second-order valence-electron chi connectivity index (χ2n) is 7.65. The number of halogens is 2. The molecule has 1 aromatic carbocycles. The van der Waals surface area contributed by atoms with Crippen molar-refractivity contribution in [1.29, 1.82) is 0 Å². The average Bonchev–Trinajstić information content (AvgIpc) is 3.06. The van der Waals surface area contributed by atoms with Gasteiger partial charge in [-0.15, -0.1) is 0 Å². The maximum Gasteiger partial charge on any atom is 0.239 e. The molecule has 0 spiro atoms. The van der Waals surface area contributed by atoms with Crippen molar-refractivity contribution in [1.82, 2.24) is 10.2 Å². The summed E-state index contributed by atoms with van der Waals surface area (Å²) in [4.78, 5) is 39.6. The average molecular weight is 408 g/mol. The van der Waals surface area contributed by atoms with E-state index < -0.39 is 23.5 Å². The summed E-state index contributed by atoms with van der Waals surface area (Å²) in [6.07, 6.45) is 2.73. The van der Waals surface area contributed by atoms with Gasteiger partial charge in [-0.2, -0.15) is 0 Å². The molecule has 0 radical (unpaired) electrons. The zero-order chi connectivity index (χ0) is 21.0. The molecule has 29 heavy (non-hydrogen) atoms. The zero-order valence-corrected chi connectivity index (χ0v) is 16.2. The van der Waals surface area contributed by atoms with Gasteiger partial charge in [0.2, 0.25) is 17.7 Å². The first-order chi connectivity index (χ1) is 13.8. The van der Waals surface area contributed by atoms with E-state index in [4.69, 9.17) is 5.73 Å². The molecule has 2 aliphatic rings. The summed E-state index contributed by atoms with van der Waals surface area (Å²) in [5.41, 5.74) is 5.50. The van der Waals surface area contributed by atoms with Gasteiger partial charge in [0.15, 0.2) is 0 Å². The third kappa shape index (κ3) is 5.29. The van der Waals surface area contributed by atoms with Gasteiger partial charge in [0.05, 0.1) is 5.92 Å². The zero-order valence-electron chi connectivity index (χ0n) is 16.2. The number of rotatable bonds is 7. The Balaban J connectivity index is 1.44. The Hall–Kier alpha value is -2.55. The van der Waals surface area contributed by atoms with Crippen LogP contribution >= 0.6 is 0 Å². The lowest BCUT2D eigenvalue weighted by molar-refractivity contribution is -0.132. The summed E-state index contributed by atoms with van der Waals surface area (Å²) >= 11 is 0. The predicted molar refractivity (Wildman–Crippen MR) is 103 cm³/mol. The smallest absolute Gasteiger partial charge is 0.239 e. The van der Waals surface area contributed by atoms with Crippen molar-refractivity contribution < 1.29 is 23.2 Å². The maximum atomic E-state index is 13.4. The van der Waals surface area contributed by atoms with Gasteiger partial charge in [-0.25, -0.2) is 8.78 Å². The summed E-state index contributed by atoms with van der Waals surface area (Å²) in [5, 5.41) is 2.77. The van der Waals surface area contributed by atoms with E-state index in [1.807, 2.05) is 0 Å². The fourth-order valence-corrected chi connectivity index (χ4v) is 4.00. The van der Waals surface area contributed by atoms with Gasteiger partial charge in [0.1, 0.15) is 17.6 Å². The number of piperidine rings is 1. The molecule has 2 unspecified atom stereocenters. The molecule has 2 atom stereocenters. The third-order valence-corrected chi connectivity index (χ3v) is 5.54. The molecule has 0 saturated carbocycles. The highest BCUT2D eigenvalue weighted by Crippen LogP contribution is 2.26. The molecule has 0 aromatic heterocycles. The Bertz CT molecular complexity index is 769. The van der Waals surface area contributed by atoms with Gasteiger partial charge in [-0.3, -0.25) is 14.4 Å². The molecular weight excluding hydrogens is 382 g/mol. The fraction of sp³-hybridized carbons (Fsp3) is 0.550. The van der Waals surface area contributed by atoms with Gasteiger partial charge in [-0.1, -0.05) is 0 Å². The van der Waals surface area contributed by atoms with Crippen molar-refractivity contribution in [2.75, 3.05) is 37.6 Å². The van der Waals surface area contributed by atoms with Crippen molar-refractivity contribution in [2.24, 2.45) is 17.6 Å². The van der Waals surface area contributed by atoms with Gasteiger partial charge >= 0.3 is 0 Å². The number of nitrogens with zero attached hydrogens (tertiary/aromatic N) is 2. The SMILES string of the molecule is NC(=O)C1CCCN(CCCNC(=O)C2CCN(c3cc(F)cc(F)c3)C2=O)C1. The molecule has 3 rings (SSSR count). The number of hydrogen-bond acceptors (Lipinski definition) is 4. The van der Waals surface area contributed by atoms with Crippen LogP contribution in [-0.2, 0) is 14.4 Å². The lowest BCUT2D eigenvalue weighted by Crippen LogP contribution is -2.42. The van der Waals surface area contributed by atoms with E-state index in [2.05, 4.69) is 10.2 Å². The molecule has 0 aliphatic carbocycles. The van der Waals surface area contributed by atoms with E-state index in [1.165, 1.54) is 4.90 Å². The first-order valence-electron chi connectivity index (χ1n) is 9.92. The number of amides is 3. The highest BCUT2D eigenvalue weighted by Gasteiger charge is 2.37. The number of anilines is 1. The summed E-state index contributed by atoms with van der Waals surface area (Å²) in [6.45, 7) is 2.93. The number of hydrogen-bond donors (Lipinski definition) is 2. The summed E-state index contributed by atoms with van der Waals surface area (Å²) in [7, 11) is 0. The molecular formula is C20H26F2N4O3. The number of carbonyl (C=O) groups is 3. The van der Waals surface area contributed by atoms with Gasteiger partial charge in [0, 0.05) is 31.4 Å². The monoisotopic (exact) mass is 408 g/mol. The second-order valence-corrected chi connectivity index (χ2v) is 7.65. The van der Waals surface area contributed by atoms with Crippen LogP contribution in [0.5, 0.6) is 0 Å². The van der Waals surface area contributed by atoms with Crippen LogP contribution < -0.4 is 16.0 Å². The molecule has 2 heterocycles. The molecule has 3 amide bonds. The fourth-order valence-electron chi connectivity index (χ4n) is 4.00. The van der Waals surface area contributed by atoms with Crippen LogP contribution in [0.25, 0.3) is 0 Å². The van der Waals surface area contributed by atoms with Crippen LogP contribution in [0.2, 0.25) is 0 Å². The van der Waals surface area contributed by atoms with Crippen LogP contribution in [-0.4, -0.2) is 55.3 Å².